The predicted octanol–water partition coefficient (Wildman–Crippen LogP) is 4.59. The van der Waals surface area contributed by atoms with Gasteiger partial charge in [0, 0.05) is 24.2 Å². The maximum Gasteiger partial charge on any atom is 0.226 e. The molecular weight excluding hydrogens is 302 g/mol. The summed E-state index contributed by atoms with van der Waals surface area (Å²) in [4.78, 5) is 25.3. The van der Waals surface area contributed by atoms with Gasteiger partial charge in [0.25, 0.3) is 0 Å². The lowest BCUT2D eigenvalue weighted by Crippen LogP contribution is -2.29. The van der Waals surface area contributed by atoms with Gasteiger partial charge in [-0.2, -0.15) is 0 Å². The van der Waals surface area contributed by atoms with Gasteiger partial charge in [0.05, 0.1) is 0 Å². The Hall–Kier alpha value is -2.62. The van der Waals surface area contributed by atoms with E-state index in [9.17, 15) is 9.59 Å². The molecule has 4 nitrogen and oxygen atoms in total. The van der Waals surface area contributed by atoms with Crippen LogP contribution in [-0.2, 0) is 4.79 Å². The van der Waals surface area contributed by atoms with E-state index < -0.39 is 0 Å². The predicted molar refractivity (Wildman–Crippen MR) is 93.8 cm³/mol. The highest BCUT2D eigenvalue weighted by molar-refractivity contribution is 5.94. The van der Waals surface area contributed by atoms with Crippen molar-refractivity contribution in [2.75, 3.05) is 11.4 Å². The first-order valence-electron chi connectivity index (χ1n) is 8.33. The van der Waals surface area contributed by atoms with Gasteiger partial charge in [0.2, 0.25) is 5.91 Å². The van der Waals surface area contributed by atoms with E-state index in [1.807, 2.05) is 29.2 Å². The average molecular weight is 323 g/mol. The lowest BCUT2D eigenvalue weighted by atomic mass is 10.1. The SMILES string of the molecule is CC(=O)c1ccc(Oc2ccc(N3CCCCCC3=O)cc2)cc1. The Morgan fingerprint density at radius 1 is 0.917 bits per heavy atom. The van der Waals surface area contributed by atoms with Crippen molar-refractivity contribution in [3.63, 3.8) is 0 Å². The molecule has 0 saturated carbocycles. The molecule has 2 aromatic carbocycles. The minimum atomic E-state index is 0.0352. The molecule has 0 atom stereocenters. The van der Waals surface area contributed by atoms with Crippen LogP contribution < -0.4 is 9.64 Å². The number of ketones is 1. The number of nitrogens with zero attached hydrogens (tertiary/aromatic N) is 1. The van der Waals surface area contributed by atoms with Gasteiger partial charge in [-0.25, -0.2) is 0 Å². The summed E-state index contributed by atoms with van der Waals surface area (Å²) in [6.07, 6.45) is 3.76. The minimum Gasteiger partial charge on any atom is -0.457 e. The first-order valence-corrected chi connectivity index (χ1v) is 8.33. The molecule has 4 heteroatoms. The van der Waals surface area contributed by atoms with E-state index in [4.69, 9.17) is 4.74 Å². The zero-order valence-corrected chi connectivity index (χ0v) is 13.8. The highest BCUT2D eigenvalue weighted by Gasteiger charge is 2.18. The van der Waals surface area contributed by atoms with Crippen LogP contribution in [0.2, 0.25) is 0 Å². The van der Waals surface area contributed by atoms with E-state index in [1.165, 1.54) is 0 Å². The fourth-order valence-corrected chi connectivity index (χ4v) is 2.84. The number of hydrogen-bond donors (Lipinski definition) is 0. The highest BCUT2D eigenvalue weighted by Crippen LogP contribution is 2.26. The van der Waals surface area contributed by atoms with Gasteiger partial charge in [-0.1, -0.05) is 6.42 Å². The van der Waals surface area contributed by atoms with Crippen LogP contribution in [-0.4, -0.2) is 18.2 Å². The number of carbonyl (C=O) groups is 2. The molecule has 2 aromatic rings. The van der Waals surface area contributed by atoms with Crippen LogP contribution in [0.1, 0.15) is 43.0 Å². The summed E-state index contributed by atoms with van der Waals surface area (Å²) in [5, 5.41) is 0. The molecule has 1 aliphatic heterocycles. The number of ether oxygens (including phenoxy) is 1. The normalized spacial score (nSPS) is 15.0. The second kappa shape index (κ2) is 7.30. The third-order valence-corrected chi connectivity index (χ3v) is 4.22. The van der Waals surface area contributed by atoms with Crippen LogP contribution in [0.5, 0.6) is 11.5 Å². The molecule has 0 aromatic heterocycles. The number of amides is 1. The van der Waals surface area contributed by atoms with Crippen molar-refractivity contribution in [3.8, 4) is 11.5 Å². The molecule has 24 heavy (non-hydrogen) atoms. The van der Waals surface area contributed by atoms with Gasteiger partial charge in [-0.05, 0) is 68.3 Å². The van der Waals surface area contributed by atoms with E-state index >= 15 is 0 Å². The molecule has 0 spiro atoms. The van der Waals surface area contributed by atoms with Crippen LogP contribution >= 0.6 is 0 Å². The molecule has 0 N–H and O–H groups in total. The minimum absolute atomic E-state index is 0.0352. The number of benzene rings is 2. The Bertz CT molecular complexity index is 720. The molecule has 1 fully saturated rings. The first kappa shape index (κ1) is 16.2. The van der Waals surface area contributed by atoms with Gasteiger partial charge in [-0.3, -0.25) is 9.59 Å². The Morgan fingerprint density at radius 2 is 1.54 bits per heavy atom. The number of hydrogen-bond acceptors (Lipinski definition) is 3. The third kappa shape index (κ3) is 3.82. The Morgan fingerprint density at radius 3 is 2.17 bits per heavy atom. The first-order chi connectivity index (χ1) is 11.6. The molecule has 0 aliphatic carbocycles. The molecule has 1 saturated heterocycles. The average Bonchev–Trinajstić information content (AvgIpc) is 2.81. The zero-order valence-electron chi connectivity index (χ0n) is 13.8. The number of anilines is 1. The van der Waals surface area contributed by atoms with Crippen molar-refractivity contribution in [2.45, 2.75) is 32.6 Å². The van der Waals surface area contributed by atoms with Crippen molar-refractivity contribution in [3.05, 3.63) is 54.1 Å². The Labute approximate surface area is 142 Å². The Balaban J connectivity index is 1.70. The highest BCUT2D eigenvalue weighted by atomic mass is 16.5. The van der Waals surface area contributed by atoms with Crippen LogP contribution in [0, 0.1) is 0 Å². The lowest BCUT2D eigenvalue weighted by molar-refractivity contribution is -0.118. The molecule has 0 bridgehead atoms. The Kier molecular flexibility index (Phi) is 4.94. The van der Waals surface area contributed by atoms with E-state index in [0.29, 0.717) is 23.5 Å². The van der Waals surface area contributed by atoms with Crippen molar-refractivity contribution in [1.29, 1.82) is 0 Å². The number of carbonyl (C=O) groups excluding carboxylic acids is 2. The molecule has 1 aliphatic rings. The molecule has 3 rings (SSSR count). The monoisotopic (exact) mass is 323 g/mol. The maximum absolute atomic E-state index is 12.1. The summed E-state index contributed by atoms with van der Waals surface area (Å²) < 4.78 is 5.79. The molecule has 0 unspecified atom stereocenters. The maximum atomic E-state index is 12.1. The zero-order chi connectivity index (χ0) is 16.9. The van der Waals surface area contributed by atoms with Gasteiger partial charge >= 0.3 is 0 Å². The summed E-state index contributed by atoms with van der Waals surface area (Å²) in [6.45, 7) is 2.32. The van der Waals surface area contributed by atoms with Gasteiger partial charge in [0.15, 0.2) is 5.78 Å². The van der Waals surface area contributed by atoms with Crippen molar-refractivity contribution in [2.24, 2.45) is 0 Å². The summed E-state index contributed by atoms with van der Waals surface area (Å²) in [6, 6.07) is 14.6. The second-order valence-corrected chi connectivity index (χ2v) is 6.03. The van der Waals surface area contributed by atoms with E-state index in [2.05, 4.69) is 0 Å². The second-order valence-electron chi connectivity index (χ2n) is 6.03. The third-order valence-electron chi connectivity index (χ3n) is 4.22. The van der Waals surface area contributed by atoms with Crippen molar-refractivity contribution < 1.29 is 14.3 Å². The van der Waals surface area contributed by atoms with E-state index in [1.54, 1.807) is 31.2 Å². The van der Waals surface area contributed by atoms with E-state index in [-0.39, 0.29) is 11.7 Å². The largest absolute Gasteiger partial charge is 0.457 e. The fourth-order valence-electron chi connectivity index (χ4n) is 2.84. The summed E-state index contributed by atoms with van der Waals surface area (Å²) in [7, 11) is 0. The van der Waals surface area contributed by atoms with Gasteiger partial charge in [-0.15, -0.1) is 0 Å². The smallest absolute Gasteiger partial charge is 0.226 e. The standard InChI is InChI=1S/C20H21NO3/c1-15(22)16-6-10-18(11-7-16)24-19-12-8-17(9-13-19)21-14-4-2-3-5-20(21)23/h6-13H,2-5,14H2,1H3. The summed E-state index contributed by atoms with van der Waals surface area (Å²) in [5.74, 6) is 1.62. The lowest BCUT2D eigenvalue weighted by Gasteiger charge is -2.20. The quantitative estimate of drug-likeness (QED) is 0.773. The molecule has 124 valence electrons. The van der Waals surface area contributed by atoms with E-state index in [0.717, 1.165) is 31.5 Å². The molecular formula is C20H21NO3. The van der Waals surface area contributed by atoms with Crippen LogP contribution in [0.4, 0.5) is 5.69 Å². The van der Waals surface area contributed by atoms with Gasteiger partial charge < -0.3 is 9.64 Å². The topological polar surface area (TPSA) is 46.6 Å². The van der Waals surface area contributed by atoms with Crippen LogP contribution in [0.3, 0.4) is 0 Å². The van der Waals surface area contributed by atoms with Crippen molar-refractivity contribution >= 4 is 17.4 Å². The number of rotatable bonds is 4. The molecule has 0 radical (unpaired) electrons. The van der Waals surface area contributed by atoms with Crippen molar-refractivity contribution in [1.82, 2.24) is 0 Å². The molecule has 1 heterocycles. The van der Waals surface area contributed by atoms with Crippen LogP contribution in [0.15, 0.2) is 48.5 Å². The summed E-state index contributed by atoms with van der Waals surface area (Å²) >= 11 is 0. The summed E-state index contributed by atoms with van der Waals surface area (Å²) in [5.41, 5.74) is 1.58. The molecule has 1 amide bonds. The number of Topliss-reactive ketones (excluding diaryl/α,β-unsaturated/α-hetero) is 1. The fraction of sp³-hybridized carbons (Fsp3) is 0.300. The van der Waals surface area contributed by atoms with Crippen LogP contribution in [0.25, 0.3) is 0 Å². The van der Waals surface area contributed by atoms with Gasteiger partial charge in [0.1, 0.15) is 11.5 Å².